The number of nitrogens with zero attached hydrogens (tertiary/aromatic N) is 2. The van der Waals surface area contributed by atoms with E-state index >= 15 is 0 Å². The van der Waals surface area contributed by atoms with Gasteiger partial charge in [-0.1, -0.05) is 25.2 Å². The van der Waals surface area contributed by atoms with Crippen molar-refractivity contribution in [1.29, 1.82) is 0 Å². The molecule has 33 heavy (non-hydrogen) atoms. The molecule has 2 heterocycles. The second-order valence-corrected chi connectivity index (χ2v) is 8.87. The fourth-order valence-electron chi connectivity index (χ4n) is 4.44. The van der Waals surface area contributed by atoms with Crippen LogP contribution < -0.4 is 15.1 Å². The molecule has 0 amide bonds. The van der Waals surface area contributed by atoms with Crippen molar-refractivity contribution in [3.63, 3.8) is 0 Å². The number of ether oxygens (including phenoxy) is 2. The Hall–Kier alpha value is -2.84. The van der Waals surface area contributed by atoms with Crippen LogP contribution in [-0.4, -0.2) is 54.3 Å². The molecule has 1 unspecified atom stereocenters. The minimum absolute atomic E-state index is 0.0277. The quantitative estimate of drug-likeness (QED) is 0.555. The highest BCUT2D eigenvalue weighted by Crippen LogP contribution is 2.33. The minimum Gasteiger partial charge on any atom is -0.508 e. The fraction of sp³-hybridized carbons (Fsp3) is 0.440. The highest BCUT2D eigenvalue weighted by molar-refractivity contribution is 7.80. The average molecular weight is 470 g/mol. The average Bonchev–Trinajstić information content (AvgIpc) is 3.01. The molecule has 0 radical (unpaired) electrons. The van der Waals surface area contributed by atoms with Crippen LogP contribution in [0.15, 0.2) is 35.4 Å². The molecule has 0 spiro atoms. The van der Waals surface area contributed by atoms with Gasteiger partial charge in [0.05, 0.1) is 36.7 Å². The van der Waals surface area contributed by atoms with Gasteiger partial charge in [-0.3, -0.25) is 5.43 Å². The zero-order valence-electron chi connectivity index (χ0n) is 19.1. The van der Waals surface area contributed by atoms with Crippen LogP contribution in [0.25, 0.3) is 0 Å². The van der Waals surface area contributed by atoms with E-state index in [1.807, 2.05) is 19.1 Å². The zero-order valence-corrected chi connectivity index (χ0v) is 20.0. The van der Waals surface area contributed by atoms with E-state index in [4.69, 9.17) is 21.7 Å². The highest BCUT2D eigenvalue weighted by atomic mass is 32.1. The maximum Gasteiger partial charge on any atom is 0.142 e. The van der Waals surface area contributed by atoms with E-state index in [1.54, 1.807) is 7.11 Å². The normalized spacial score (nSPS) is 19.0. The van der Waals surface area contributed by atoms with Crippen molar-refractivity contribution < 1.29 is 19.7 Å². The van der Waals surface area contributed by atoms with Crippen molar-refractivity contribution in [2.75, 3.05) is 38.3 Å². The van der Waals surface area contributed by atoms with Crippen LogP contribution in [0.4, 0.5) is 5.69 Å². The van der Waals surface area contributed by atoms with E-state index in [0.29, 0.717) is 36.6 Å². The summed E-state index contributed by atoms with van der Waals surface area (Å²) in [5.41, 5.74) is 7.48. The third-order valence-electron chi connectivity index (χ3n) is 6.37. The third kappa shape index (κ3) is 5.23. The van der Waals surface area contributed by atoms with Crippen LogP contribution in [0.2, 0.25) is 0 Å². The Morgan fingerprint density at radius 3 is 2.70 bits per heavy atom. The van der Waals surface area contributed by atoms with Crippen LogP contribution in [0.1, 0.15) is 36.5 Å². The molecule has 1 fully saturated rings. The maximum atomic E-state index is 10.4. The summed E-state index contributed by atoms with van der Waals surface area (Å²) in [4.78, 5) is 3.00. The number of aryl methyl sites for hydroxylation is 1. The summed E-state index contributed by atoms with van der Waals surface area (Å²) in [6.07, 6.45) is 2.94. The number of anilines is 1. The predicted molar refractivity (Wildman–Crippen MR) is 134 cm³/mol. The molecule has 2 aliphatic heterocycles. The number of rotatable bonds is 6. The summed E-state index contributed by atoms with van der Waals surface area (Å²) in [6.45, 7) is 5.09. The van der Waals surface area contributed by atoms with Gasteiger partial charge < -0.3 is 24.6 Å². The second kappa shape index (κ2) is 10.4. The number of phenols is 2. The van der Waals surface area contributed by atoms with Gasteiger partial charge in [-0.15, -0.1) is 0 Å². The van der Waals surface area contributed by atoms with Crippen molar-refractivity contribution in [2.45, 2.75) is 32.6 Å². The Morgan fingerprint density at radius 1 is 1.18 bits per heavy atom. The first-order valence-electron chi connectivity index (χ1n) is 11.4. The third-order valence-corrected chi connectivity index (χ3v) is 6.79. The summed E-state index contributed by atoms with van der Waals surface area (Å²) < 4.78 is 11.1. The summed E-state index contributed by atoms with van der Waals surface area (Å²) in [5.74, 6) is 1.12. The highest BCUT2D eigenvalue weighted by Gasteiger charge is 2.23. The number of nitrogens with one attached hydrogen (secondary N) is 1. The summed E-state index contributed by atoms with van der Waals surface area (Å²) >= 11 is 5.65. The number of hydrazone groups is 1. The molecule has 176 valence electrons. The number of hydrogen-bond donors (Lipinski definition) is 3. The number of phenolic OH excluding ortho intramolecular Hbond substituents is 2. The van der Waals surface area contributed by atoms with E-state index in [1.165, 1.54) is 11.6 Å². The van der Waals surface area contributed by atoms with Crippen molar-refractivity contribution in [3.8, 4) is 17.2 Å². The van der Waals surface area contributed by atoms with Crippen molar-refractivity contribution in [2.24, 2.45) is 11.0 Å². The molecule has 2 aromatic carbocycles. The van der Waals surface area contributed by atoms with Gasteiger partial charge in [0.25, 0.3) is 0 Å². The Labute approximate surface area is 200 Å². The molecule has 1 atom stereocenters. The first-order chi connectivity index (χ1) is 16.0. The molecule has 0 aliphatic carbocycles. The van der Waals surface area contributed by atoms with Gasteiger partial charge in [-0.2, -0.15) is 5.10 Å². The van der Waals surface area contributed by atoms with Crippen LogP contribution in [0.3, 0.4) is 0 Å². The van der Waals surface area contributed by atoms with E-state index in [9.17, 15) is 10.2 Å². The van der Waals surface area contributed by atoms with Crippen LogP contribution in [0.5, 0.6) is 17.2 Å². The molecule has 2 aliphatic rings. The van der Waals surface area contributed by atoms with Crippen molar-refractivity contribution in [1.82, 2.24) is 5.43 Å². The molecule has 7 nitrogen and oxygen atoms in total. The molecular formula is C25H31N3O4S. The largest absolute Gasteiger partial charge is 0.508 e. The molecule has 0 bridgehead atoms. The van der Waals surface area contributed by atoms with Crippen LogP contribution in [0, 0.1) is 5.92 Å². The van der Waals surface area contributed by atoms with Crippen molar-refractivity contribution in [3.05, 3.63) is 47.0 Å². The topological polar surface area (TPSA) is 86.6 Å². The zero-order chi connectivity index (χ0) is 23.4. The summed E-state index contributed by atoms with van der Waals surface area (Å²) in [6, 6.07) is 9.51. The van der Waals surface area contributed by atoms with Gasteiger partial charge in [-0.25, -0.2) is 0 Å². The SMILES string of the molecule is CCc1cc(C2=NNC(=S)C(Cc3ccc(OC)c(N4CCOCC4)c3)CC2)c(O)cc1O. The molecule has 1 saturated heterocycles. The van der Waals surface area contributed by atoms with E-state index in [0.717, 1.165) is 48.6 Å². The molecular weight excluding hydrogens is 438 g/mol. The fourth-order valence-corrected chi connectivity index (χ4v) is 4.68. The number of hydrogen-bond acceptors (Lipinski definition) is 7. The minimum atomic E-state index is 0.0277. The molecule has 0 saturated carbocycles. The smallest absolute Gasteiger partial charge is 0.142 e. The Bertz CT molecular complexity index is 1050. The molecule has 8 heteroatoms. The molecule has 2 aromatic rings. The summed E-state index contributed by atoms with van der Waals surface area (Å²) in [5, 5.41) is 24.9. The number of thiocarbonyl (C=S) groups is 1. The van der Waals surface area contributed by atoms with Crippen LogP contribution >= 0.6 is 12.2 Å². The Morgan fingerprint density at radius 2 is 1.97 bits per heavy atom. The van der Waals surface area contributed by atoms with E-state index in [2.05, 4.69) is 27.6 Å². The van der Waals surface area contributed by atoms with E-state index < -0.39 is 0 Å². The first kappa shape index (κ1) is 23.3. The van der Waals surface area contributed by atoms with Gasteiger partial charge in [0.1, 0.15) is 17.2 Å². The van der Waals surface area contributed by atoms with Gasteiger partial charge in [0, 0.05) is 30.6 Å². The van der Waals surface area contributed by atoms with Gasteiger partial charge in [0.2, 0.25) is 0 Å². The van der Waals surface area contributed by atoms with Gasteiger partial charge in [-0.05, 0) is 55.0 Å². The predicted octanol–water partition coefficient (Wildman–Crippen LogP) is 3.78. The number of morpholine rings is 1. The van der Waals surface area contributed by atoms with Gasteiger partial charge >= 0.3 is 0 Å². The molecule has 3 N–H and O–H groups in total. The lowest BCUT2D eigenvalue weighted by Gasteiger charge is -2.30. The summed E-state index contributed by atoms with van der Waals surface area (Å²) in [7, 11) is 1.70. The number of aromatic hydroxyl groups is 2. The van der Waals surface area contributed by atoms with Gasteiger partial charge in [0.15, 0.2) is 0 Å². The molecule has 0 aromatic heterocycles. The Balaban J connectivity index is 1.51. The van der Waals surface area contributed by atoms with Crippen LogP contribution in [-0.2, 0) is 17.6 Å². The molecule has 4 rings (SSSR count). The lowest BCUT2D eigenvalue weighted by Crippen LogP contribution is -2.36. The lowest BCUT2D eigenvalue weighted by molar-refractivity contribution is 0.122. The number of benzene rings is 2. The first-order valence-corrected chi connectivity index (χ1v) is 11.8. The monoisotopic (exact) mass is 469 g/mol. The maximum absolute atomic E-state index is 10.4. The van der Waals surface area contributed by atoms with Crippen molar-refractivity contribution >= 4 is 28.6 Å². The number of methoxy groups -OCH3 is 1. The lowest BCUT2D eigenvalue weighted by atomic mass is 9.91. The Kier molecular flexibility index (Phi) is 7.35. The van der Waals surface area contributed by atoms with E-state index in [-0.39, 0.29) is 17.4 Å². The second-order valence-electron chi connectivity index (χ2n) is 8.43. The standard InChI is InChI=1S/C25H31N3O4S/c1-3-17-14-19(23(30)15-22(17)29)20-6-5-18(25(33)27-26-20)12-16-4-7-24(31-2)21(13-16)28-8-10-32-11-9-28/h4,7,13-15,18,29-30H,3,5-6,8-12H2,1-2H3,(H,27,33).